The lowest BCUT2D eigenvalue weighted by atomic mass is 9.97. The number of amides is 1. The molecule has 1 fully saturated rings. The number of hydrogen-bond acceptors (Lipinski definition) is 5. The summed E-state index contributed by atoms with van der Waals surface area (Å²) in [5.41, 5.74) is 3.56. The fourth-order valence-corrected chi connectivity index (χ4v) is 5.02. The van der Waals surface area contributed by atoms with E-state index in [0.717, 1.165) is 56.0 Å². The van der Waals surface area contributed by atoms with E-state index in [2.05, 4.69) is 4.90 Å². The second-order valence-electron chi connectivity index (χ2n) is 8.87. The number of rotatable bonds is 5. The number of morpholine rings is 1. The highest BCUT2D eigenvalue weighted by Crippen LogP contribution is 2.39. The molecule has 2 aliphatic heterocycles. The number of aryl methyl sites for hydroxylation is 2. The Morgan fingerprint density at radius 2 is 1.79 bits per heavy atom. The molecule has 7 heteroatoms. The number of nitrogens with zero attached hydrogens (tertiary/aromatic N) is 2. The van der Waals surface area contributed by atoms with Crippen LogP contribution in [0.25, 0.3) is 11.0 Å². The standard InChI is InChI=1S/C26H27ClN2O4/c1-16-13-20-21(14-17(16)2)33-25-22(24(20)30)23(18-5-3-6-19(27)15-18)29(26(25)31)8-4-7-28-9-11-32-12-10-28/h3,5-6,13-15,23H,4,7-12H2,1-2H3. The van der Waals surface area contributed by atoms with Crippen molar-refractivity contribution in [2.45, 2.75) is 26.3 Å². The molecule has 1 amide bonds. The third kappa shape index (κ3) is 4.07. The average molecular weight is 467 g/mol. The van der Waals surface area contributed by atoms with Gasteiger partial charge in [0.25, 0.3) is 5.91 Å². The minimum Gasteiger partial charge on any atom is -0.450 e. The predicted molar refractivity (Wildman–Crippen MR) is 128 cm³/mol. The van der Waals surface area contributed by atoms with E-state index < -0.39 is 6.04 Å². The smallest absolute Gasteiger partial charge is 0.290 e. The molecule has 1 aromatic heterocycles. The van der Waals surface area contributed by atoms with E-state index in [1.165, 1.54) is 0 Å². The molecule has 0 spiro atoms. The molecule has 0 aliphatic carbocycles. The first-order valence-corrected chi connectivity index (χ1v) is 11.8. The van der Waals surface area contributed by atoms with Crippen molar-refractivity contribution >= 4 is 28.5 Å². The molecule has 6 nitrogen and oxygen atoms in total. The third-order valence-electron chi connectivity index (χ3n) is 6.72. The molecule has 1 unspecified atom stereocenters. The summed E-state index contributed by atoms with van der Waals surface area (Å²) in [7, 11) is 0. The predicted octanol–water partition coefficient (Wildman–Crippen LogP) is 4.33. The summed E-state index contributed by atoms with van der Waals surface area (Å²) in [5, 5.41) is 1.07. The molecular formula is C26H27ClN2O4. The van der Waals surface area contributed by atoms with Gasteiger partial charge in [0.2, 0.25) is 5.76 Å². The third-order valence-corrected chi connectivity index (χ3v) is 6.96. The Morgan fingerprint density at radius 1 is 1.03 bits per heavy atom. The van der Waals surface area contributed by atoms with Gasteiger partial charge < -0.3 is 14.1 Å². The largest absolute Gasteiger partial charge is 0.450 e. The summed E-state index contributed by atoms with van der Waals surface area (Å²) in [4.78, 5) is 31.3. The highest BCUT2D eigenvalue weighted by molar-refractivity contribution is 6.30. The number of ether oxygens (including phenoxy) is 1. The first-order valence-electron chi connectivity index (χ1n) is 11.4. The summed E-state index contributed by atoms with van der Waals surface area (Å²) in [5.74, 6) is -0.0960. The van der Waals surface area contributed by atoms with Gasteiger partial charge in [-0.3, -0.25) is 14.5 Å². The molecule has 2 aliphatic rings. The Balaban J connectivity index is 1.56. The van der Waals surface area contributed by atoms with Gasteiger partial charge in [-0.2, -0.15) is 0 Å². The zero-order valence-corrected chi connectivity index (χ0v) is 19.7. The van der Waals surface area contributed by atoms with Gasteiger partial charge in [0.15, 0.2) is 5.43 Å². The van der Waals surface area contributed by atoms with Gasteiger partial charge in [0.1, 0.15) is 5.58 Å². The van der Waals surface area contributed by atoms with Crippen LogP contribution in [-0.2, 0) is 4.74 Å². The maximum atomic E-state index is 13.7. The lowest BCUT2D eigenvalue weighted by molar-refractivity contribution is 0.0353. The Hall–Kier alpha value is -2.67. The van der Waals surface area contributed by atoms with Crippen LogP contribution in [0.15, 0.2) is 45.6 Å². The van der Waals surface area contributed by atoms with Crippen molar-refractivity contribution < 1.29 is 13.9 Å². The highest BCUT2D eigenvalue weighted by Gasteiger charge is 2.42. The normalized spacial score (nSPS) is 18.8. The highest BCUT2D eigenvalue weighted by atomic mass is 35.5. The molecule has 0 saturated carbocycles. The number of halogens is 1. The van der Waals surface area contributed by atoms with Crippen LogP contribution < -0.4 is 5.43 Å². The van der Waals surface area contributed by atoms with Crippen LogP contribution in [0.5, 0.6) is 0 Å². The van der Waals surface area contributed by atoms with E-state index in [1.54, 1.807) is 11.0 Å². The molecule has 0 N–H and O–H groups in total. The van der Waals surface area contributed by atoms with Crippen molar-refractivity contribution in [2.24, 2.45) is 0 Å². The first kappa shape index (κ1) is 22.1. The van der Waals surface area contributed by atoms with Crippen molar-refractivity contribution in [3.8, 4) is 0 Å². The van der Waals surface area contributed by atoms with E-state index in [1.807, 2.05) is 44.2 Å². The fourth-order valence-electron chi connectivity index (χ4n) is 4.82. The summed E-state index contributed by atoms with van der Waals surface area (Å²) in [6.07, 6.45) is 0.794. The zero-order valence-electron chi connectivity index (χ0n) is 18.9. The van der Waals surface area contributed by atoms with E-state index in [0.29, 0.717) is 28.1 Å². The van der Waals surface area contributed by atoms with Crippen molar-refractivity contribution in [1.82, 2.24) is 9.80 Å². The molecule has 5 rings (SSSR count). The van der Waals surface area contributed by atoms with E-state index in [4.69, 9.17) is 20.8 Å². The van der Waals surface area contributed by atoms with Crippen LogP contribution in [0.2, 0.25) is 5.02 Å². The van der Waals surface area contributed by atoms with Gasteiger partial charge in [-0.25, -0.2) is 0 Å². The van der Waals surface area contributed by atoms with Crippen molar-refractivity contribution in [3.05, 3.63) is 79.7 Å². The molecule has 1 atom stereocenters. The summed E-state index contributed by atoms with van der Waals surface area (Å²) >= 11 is 6.29. The monoisotopic (exact) mass is 466 g/mol. The van der Waals surface area contributed by atoms with Crippen molar-refractivity contribution in [2.75, 3.05) is 39.4 Å². The minimum absolute atomic E-state index is 0.145. The van der Waals surface area contributed by atoms with Crippen LogP contribution in [0.1, 0.15) is 45.3 Å². The van der Waals surface area contributed by atoms with Crippen LogP contribution >= 0.6 is 11.6 Å². The Morgan fingerprint density at radius 3 is 2.55 bits per heavy atom. The summed E-state index contributed by atoms with van der Waals surface area (Å²) in [6, 6.07) is 10.6. The Bertz CT molecular complexity index is 1280. The topological polar surface area (TPSA) is 63.0 Å². The van der Waals surface area contributed by atoms with Crippen LogP contribution in [-0.4, -0.2) is 55.1 Å². The summed E-state index contributed by atoms with van der Waals surface area (Å²) < 4.78 is 11.5. The Labute approximate surface area is 197 Å². The zero-order chi connectivity index (χ0) is 23.1. The molecule has 2 aromatic carbocycles. The van der Waals surface area contributed by atoms with Crippen molar-refractivity contribution in [3.63, 3.8) is 0 Å². The molecule has 3 aromatic rings. The first-order chi connectivity index (χ1) is 15.9. The number of carbonyl (C=O) groups excluding carboxylic acids is 1. The molecule has 33 heavy (non-hydrogen) atoms. The quantitative estimate of drug-likeness (QED) is 0.560. The molecule has 3 heterocycles. The number of hydrogen-bond donors (Lipinski definition) is 0. The molecule has 1 saturated heterocycles. The van der Waals surface area contributed by atoms with Gasteiger partial charge in [-0.05, 0) is 61.2 Å². The van der Waals surface area contributed by atoms with Gasteiger partial charge in [-0.15, -0.1) is 0 Å². The van der Waals surface area contributed by atoms with E-state index in [-0.39, 0.29) is 17.1 Å². The minimum atomic E-state index is -0.516. The molecule has 0 bridgehead atoms. The van der Waals surface area contributed by atoms with Gasteiger partial charge in [-0.1, -0.05) is 23.7 Å². The number of fused-ring (bicyclic) bond motifs is 2. The fraction of sp³-hybridized carbons (Fsp3) is 0.385. The van der Waals surface area contributed by atoms with Crippen LogP contribution in [0.3, 0.4) is 0 Å². The Kier molecular flexibility index (Phi) is 5.99. The lowest BCUT2D eigenvalue weighted by Crippen LogP contribution is -2.38. The van der Waals surface area contributed by atoms with E-state index >= 15 is 0 Å². The SMILES string of the molecule is Cc1cc2oc3c(c(=O)c2cc1C)C(c1cccc(Cl)c1)N(CCCN1CCOCC1)C3=O. The second-order valence-corrected chi connectivity index (χ2v) is 9.31. The maximum Gasteiger partial charge on any atom is 0.290 e. The molecular weight excluding hydrogens is 440 g/mol. The molecule has 172 valence electrons. The second kappa shape index (κ2) is 8.93. The van der Waals surface area contributed by atoms with Crippen molar-refractivity contribution in [1.29, 1.82) is 0 Å². The number of benzene rings is 2. The lowest BCUT2D eigenvalue weighted by Gasteiger charge is -2.29. The maximum absolute atomic E-state index is 13.7. The summed E-state index contributed by atoms with van der Waals surface area (Å²) in [6.45, 7) is 8.60. The van der Waals surface area contributed by atoms with Gasteiger partial charge in [0.05, 0.1) is 30.2 Å². The van der Waals surface area contributed by atoms with Crippen LogP contribution in [0.4, 0.5) is 0 Å². The van der Waals surface area contributed by atoms with Crippen LogP contribution in [0, 0.1) is 13.8 Å². The average Bonchev–Trinajstić information content (AvgIpc) is 3.08. The number of carbonyl (C=O) groups is 1. The van der Waals surface area contributed by atoms with E-state index in [9.17, 15) is 9.59 Å². The van der Waals surface area contributed by atoms with Gasteiger partial charge >= 0.3 is 0 Å². The molecule has 0 radical (unpaired) electrons. The van der Waals surface area contributed by atoms with Gasteiger partial charge in [0, 0.05) is 31.2 Å².